The molecule has 5 heteroatoms. The summed E-state index contributed by atoms with van der Waals surface area (Å²) in [5.74, 6) is 1.41. The van der Waals surface area contributed by atoms with Crippen molar-refractivity contribution in [1.82, 2.24) is 9.97 Å². The highest BCUT2D eigenvalue weighted by Crippen LogP contribution is 2.80. The summed E-state index contributed by atoms with van der Waals surface area (Å²) < 4.78 is 0. The zero-order valence-electron chi connectivity index (χ0n) is 9.66. The van der Waals surface area contributed by atoms with Gasteiger partial charge in [-0.15, -0.1) is 11.8 Å². The first-order chi connectivity index (χ1) is 8.18. The summed E-state index contributed by atoms with van der Waals surface area (Å²) in [5, 5.41) is 11.5. The fourth-order valence-electron chi connectivity index (χ4n) is 3.78. The highest BCUT2D eigenvalue weighted by molar-refractivity contribution is 7.98. The molecule has 4 saturated carbocycles. The topological polar surface area (TPSA) is 61.7 Å². The fourth-order valence-corrected chi connectivity index (χ4v) is 4.10. The first kappa shape index (κ1) is 9.88. The summed E-state index contributed by atoms with van der Waals surface area (Å²) in [6.45, 7) is 0. The molecule has 0 saturated heterocycles. The van der Waals surface area contributed by atoms with Gasteiger partial charge in [-0.05, 0) is 25.0 Å². The summed E-state index contributed by atoms with van der Waals surface area (Å²) >= 11 is 1.65. The maximum atomic E-state index is 8.01. The van der Waals surface area contributed by atoms with Crippen molar-refractivity contribution in [2.75, 3.05) is 11.6 Å². The van der Waals surface area contributed by atoms with Crippen LogP contribution in [-0.4, -0.2) is 27.5 Å². The molecule has 4 aliphatic carbocycles. The van der Waals surface area contributed by atoms with Crippen molar-refractivity contribution in [3.8, 4) is 0 Å². The number of anilines is 1. The molecule has 88 valence electrons. The molecule has 0 aromatic carbocycles. The van der Waals surface area contributed by atoms with Gasteiger partial charge in [0.05, 0.1) is 5.54 Å². The van der Waals surface area contributed by atoms with Crippen molar-refractivity contribution in [2.45, 2.75) is 29.7 Å². The molecule has 17 heavy (non-hydrogen) atoms. The Labute approximate surface area is 104 Å². The highest BCUT2D eigenvalue weighted by atomic mass is 32.2. The second-order valence-corrected chi connectivity index (χ2v) is 6.35. The lowest BCUT2D eigenvalue weighted by Gasteiger charge is -2.37. The minimum absolute atomic E-state index is 0.123. The van der Waals surface area contributed by atoms with Gasteiger partial charge in [-0.2, -0.15) is 0 Å². The van der Waals surface area contributed by atoms with Crippen LogP contribution in [0.1, 0.15) is 19.3 Å². The molecule has 4 fully saturated rings. The van der Waals surface area contributed by atoms with Crippen molar-refractivity contribution in [3.05, 3.63) is 12.4 Å². The minimum Gasteiger partial charge on any atom is -0.348 e. The summed E-state index contributed by atoms with van der Waals surface area (Å²) in [4.78, 5) is 9.77. The van der Waals surface area contributed by atoms with Crippen molar-refractivity contribution in [1.29, 1.82) is 5.41 Å². The summed E-state index contributed by atoms with van der Waals surface area (Å²) in [7, 11) is 0. The lowest BCUT2D eigenvalue weighted by Crippen LogP contribution is -2.45. The maximum Gasteiger partial charge on any atom is 0.223 e. The molecule has 1 unspecified atom stereocenters. The third-order valence-corrected chi connectivity index (χ3v) is 5.37. The van der Waals surface area contributed by atoms with Gasteiger partial charge in [0.1, 0.15) is 0 Å². The van der Waals surface area contributed by atoms with Crippen LogP contribution < -0.4 is 5.32 Å². The molecule has 1 aromatic rings. The molecule has 4 aliphatic rings. The summed E-state index contributed by atoms with van der Waals surface area (Å²) in [5.41, 5.74) is 1.39. The number of thioether (sulfide) groups is 1. The molecule has 5 rings (SSSR count). The van der Waals surface area contributed by atoms with Crippen LogP contribution >= 0.6 is 11.8 Å². The molecule has 2 bridgehead atoms. The largest absolute Gasteiger partial charge is 0.348 e. The average molecular weight is 246 g/mol. The Balaban J connectivity index is 1.56. The molecule has 4 nitrogen and oxygen atoms in total. The van der Waals surface area contributed by atoms with Crippen LogP contribution in [-0.2, 0) is 0 Å². The highest BCUT2D eigenvalue weighted by Gasteiger charge is 2.82. The van der Waals surface area contributed by atoms with Gasteiger partial charge in [-0.25, -0.2) is 9.97 Å². The third-order valence-electron chi connectivity index (χ3n) is 4.69. The second kappa shape index (κ2) is 2.83. The number of aromatic nitrogens is 2. The third kappa shape index (κ3) is 1.08. The van der Waals surface area contributed by atoms with Crippen LogP contribution in [0.25, 0.3) is 0 Å². The Morgan fingerprint density at radius 2 is 2.24 bits per heavy atom. The Hall–Kier alpha value is -1.10. The zero-order chi connectivity index (χ0) is 11.7. The molecule has 2 N–H and O–H groups in total. The van der Waals surface area contributed by atoms with Gasteiger partial charge in [0.25, 0.3) is 0 Å². The SMILES string of the molecule is CSc1cnc(N[C@]23CC(=N)C4(C[C@H]42)C3)nc1. The smallest absolute Gasteiger partial charge is 0.223 e. The molecular weight excluding hydrogens is 232 g/mol. The van der Waals surface area contributed by atoms with Crippen molar-refractivity contribution in [3.63, 3.8) is 0 Å². The Morgan fingerprint density at radius 3 is 2.71 bits per heavy atom. The van der Waals surface area contributed by atoms with Crippen LogP contribution in [0.3, 0.4) is 0 Å². The van der Waals surface area contributed by atoms with E-state index in [-0.39, 0.29) is 5.54 Å². The van der Waals surface area contributed by atoms with E-state index in [1.54, 1.807) is 11.8 Å². The van der Waals surface area contributed by atoms with Crippen LogP contribution in [0.5, 0.6) is 0 Å². The average Bonchev–Trinajstić information content (AvgIpc) is 2.80. The lowest BCUT2D eigenvalue weighted by molar-refractivity contribution is 0.271. The molecule has 0 amide bonds. The van der Waals surface area contributed by atoms with Gasteiger partial charge in [0.15, 0.2) is 0 Å². The van der Waals surface area contributed by atoms with E-state index in [4.69, 9.17) is 5.41 Å². The number of hydrogen-bond donors (Lipinski definition) is 2. The van der Waals surface area contributed by atoms with E-state index in [0.717, 1.165) is 29.4 Å². The molecule has 0 radical (unpaired) electrons. The quantitative estimate of drug-likeness (QED) is 0.802. The number of nitrogens with one attached hydrogen (secondary N) is 2. The van der Waals surface area contributed by atoms with E-state index in [1.807, 2.05) is 18.6 Å². The van der Waals surface area contributed by atoms with Crippen LogP contribution in [0.2, 0.25) is 0 Å². The maximum absolute atomic E-state index is 8.01. The van der Waals surface area contributed by atoms with Crippen LogP contribution in [0.4, 0.5) is 5.95 Å². The van der Waals surface area contributed by atoms with Crippen LogP contribution in [0, 0.1) is 16.7 Å². The molecule has 0 aliphatic heterocycles. The second-order valence-electron chi connectivity index (χ2n) is 5.47. The van der Waals surface area contributed by atoms with E-state index < -0.39 is 0 Å². The van der Waals surface area contributed by atoms with Gasteiger partial charge >= 0.3 is 0 Å². The Bertz CT molecular complexity index is 514. The van der Waals surface area contributed by atoms with Gasteiger partial charge in [-0.3, -0.25) is 0 Å². The van der Waals surface area contributed by atoms with E-state index in [0.29, 0.717) is 11.3 Å². The van der Waals surface area contributed by atoms with Crippen LogP contribution in [0.15, 0.2) is 17.3 Å². The normalized spacial score (nSPS) is 40.8. The minimum atomic E-state index is 0.123. The molecular formula is C12H14N4S. The molecule has 3 atom stereocenters. The Morgan fingerprint density at radius 1 is 1.47 bits per heavy atom. The lowest BCUT2D eigenvalue weighted by atomic mass is 9.77. The van der Waals surface area contributed by atoms with E-state index >= 15 is 0 Å². The summed E-state index contributed by atoms with van der Waals surface area (Å²) in [6.07, 6.45) is 8.96. The van der Waals surface area contributed by atoms with E-state index in [9.17, 15) is 0 Å². The fraction of sp³-hybridized carbons (Fsp3) is 0.583. The number of rotatable bonds is 3. The number of hydrogen-bond acceptors (Lipinski definition) is 5. The van der Waals surface area contributed by atoms with Crippen molar-refractivity contribution in [2.24, 2.45) is 11.3 Å². The Kier molecular flexibility index (Phi) is 1.64. The summed E-state index contributed by atoms with van der Waals surface area (Å²) in [6, 6.07) is 0. The first-order valence-electron chi connectivity index (χ1n) is 5.91. The molecule has 1 spiro atoms. The first-order valence-corrected chi connectivity index (χ1v) is 7.13. The standard InChI is InChI=1S/C12H14N4S/c1-17-7-4-14-10(15-5-7)16-12-3-9(13)11(6-12)2-8(11)12/h4-5,8,13H,2-3,6H2,1H3,(H,14,15,16)/t8-,11?,12+/m1/s1. The van der Waals surface area contributed by atoms with Gasteiger partial charge < -0.3 is 10.7 Å². The predicted molar refractivity (Wildman–Crippen MR) is 67.7 cm³/mol. The van der Waals surface area contributed by atoms with Gasteiger partial charge in [0.2, 0.25) is 5.95 Å². The molecule has 1 aromatic heterocycles. The van der Waals surface area contributed by atoms with Crippen molar-refractivity contribution < 1.29 is 0 Å². The molecule has 1 heterocycles. The van der Waals surface area contributed by atoms with Gasteiger partial charge in [0, 0.05) is 34.8 Å². The van der Waals surface area contributed by atoms with Crippen molar-refractivity contribution >= 4 is 23.4 Å². The number of nitrogens with zero attached hydrogens (tertiary/aromatic N) is 2. The monoisotopic (exact) mass is 246 g/mol. The van der Waals surface area contributed by atoms with E-state index in [2.05, 4.69) is 15.3 Å². The predicted octanol–water partition coefficient (Wildman–Crippen LogP) is 2.18. The van der Waals surface area contributed by atoms with Gasteiger partial charge in [-0.1, -0.05) is 0 Å². The zero-order valence-corrected chi connectivity index (χ0v) is 10.5. The van der Waals surface area contributed by atoms with E-state index in [1.165, 1.54) is 6.42 Å². The number of fused-ring (bicyclic) bond motifs is 1.